The Morgan fingerprint density at radius 3 is 2.38 bits per heavy atom. The second-order valence-electron chi connectivity index (χ2n) is 9.22. The predicted octanol–water partition coefficient (Wildman–Crippen LogP) is 7.08. The van der Waals surface area contributed by atoms with Crippen LogP contribution in [0, 0.1) is 19.8 Å². The van der Waals surface area contributed by atoms with Gasteiger partial charge in [0.15, 0.2) is 0 Å². The van der Waals surface area contributed by atoms with Crippen LogP contribution in [0.15, 0.2) is 66.7 Å². The summed E-state index contributed by atoms with van der Waals surface area (Å²) in [4.78, 5) is 5.02. The molecule has 3 nitrogen and oxygen atoms in total. The molecule has 0 bridgehead atoms. The Morgan fingerprint density at radius 1 is 0.875 bits per heavy atom. The average molecular weight is 427 g/mol. The van der Waals surface area contributed by atoms with Gasteiger partial charge in [-0.1, -0.05) is 69.3 Å². The van der Waals surface area contributed by atoms with Crippen LogP contribution in [0.4, 0.5) is 0 Å². The summed E-state index contributed by atoms with van der Waals surface area (Å²) in [6.07, 6.45) is 1.11. The maximum Gasteiger partial charge on any atom is 0.122 e. The number of rotatable bonds is 8. The molecule has 0 spiro atoms. The molecule has 0 saturated carbocycles. The molecule has 4 aromatic rings. The Balaban J connectivity index is 1.59. The first-order valence-electron chi connectivity index (χ1n) is 11.7. The number of fused-ring (bicyclic) bond motifs is 1. The molecule has 32 heavy (non-hydrogen) atoms. The fourth-order valence-electron chi connectivity index (χ4n) is 4.35. The van der Waals surface area contributed by atoms with Gasteiger partial charge in [0.1, 0.15) is 18.2 Å². The van der Waals surface area contributed by atoms with Crippen molar-refractivity contribution >= 4 is 11.0 Å². The molecule has 1 heterocycles. The molecule has 3 heteroatoms. The maximum absolute atomic E-state index is 6.18. The van der Waals surface area contributed by atoms with E-state index in [4.69, 9.17) is 9.72 Å². The predicted molar refractivity (Wildman–Crippen MR) is 134 cm³/mol. The van der Waals surface area contributed by atoms with Crippen molar-refractivity contribution in [2.24, 2.45) is 5.92 Å². The molecule has 166 valence electrons. The van der Waals surface area contributed by atoms with Gasteiger partial charge in [0.25, 0.3) is 0 Å². The molecule has 0 saturated heterocycles. The summed E-state index contributed by atoms with van der Waals surface area (Å²) in [5, 5.41) is 0. The third kappa shape index (κ3) is 4.72. The van der Waals surface area contributed by atoms with Crippen molar-refractivity contribution < 1.29 is 4.74 Å². The summed E-state index contributed by atoms with van der Waals surface area (Å²) in [7, 11) is 0. The fourth-order valence-corrected chi connectivity index (χ4v) is 4.35. The highest BCUT2D eigenvalue weighted by molar-refractivity contribution is 5.76. The fraction of sp³-hybridized carbons (Fsp3) is 0.345. The highest BCUT2D eigenvalue weighted by atomic mass is 16.5. The van der Waals surface area contributed by atoms with Crippen LogP contribution in [0.5, 0.6) is 5.75 Å². The van der Waals surface area contributed by atoms with Crippen LogP contribution in [0.1, 0.15) is 54.8 Å². The Hall–Kier alpha value is -3.07. The van der Waals surface area contributed by atoms with E-state index in [9.17, 15) is 0 Å². The summed E-state index contributed by atoms with van der Waals surface area (Å²) in [6.45, 7) is 12.4. The van der Waals surface area contributed by atoms with E-state index in [0.717, 1.165) is 35.6 Å². The smallest absolute Gasteiger partial charge is 0.122 e. The van der Waals surface area contributed by atoms with Gasteiger partial charge < -0.3 is 9.30 Å². The van der Waals surface area contributed by atoms with Gasteiger partial charge in [0.05, 0.1) is 17.6 Å². The van der Waals surface area contributed by atoms with Crippen LogP contribution in [0.25, 0.3) is 11.0 Å². The van der Waals surface area contributed by atoms with Gasteiger partial charge >= 0.3 is 0 Å². The molecule has 1 aromatic heterocycles. The van der Waals surface area contributed by atoms with E-state index in [2.05, 4.69) is 106 Å². The van der Waals surface area contributed by atoms with E-state index < -0.39 is 0 Å². The van der Waals surface area contributed by atoms with E-state index in [1.807, 2.05) is 0 Å². The molecular formula is C29H34N2O. The highest BCUT2D eigenvalue weighted by Crippen LogP contribution is 2.28. The quantitative estimate of drug-likeness (QED) is 0.301. The minimum absolute atomic E-state index is 0.205. The second-order valence-corrected chi connectivity index (χ2v) is 9.22. The lowest BCUT2D eigenvalue weighted by molar-refractivity contribution is 0.296. The molecule has 0 aliphatic carbocycles. The number of para-hydroxylation sites is 2. The number of imidazole rings is 1. The van der Waals surface area contributed by atoms with E-state index in [1.54, 1.807) is 0 Å². The van der Waals surface area contributed by atoms with Gasteiger partial charge in [0.2, 0.25) is 0 Å². The molecule has 0 N–H and O–H groups in total. The van der Waals surface area contributed by atoms with Crippen molar-refractivity contribution in [1.29, 1.82) is 0 Å². The van der Waals surface area contributed by atoms with Gasteiger partial charge in [-0.25, -0.2) is 4.98 Å². The summed E-state index contributed by atoms with van der Waals surface area (Å²) in [5.74, 6) is 2.92. The lowest BCUT2D eigenvalue weighted by Gasteiger charge is -2.17. The molecule has 0 radical (unpaired) electrons. The van der Waals surface area contributed by atoms with Gasteiger partial charge in [-0.3, -0.25) is 0 Å². The molecule has 3 aromatic carbocycles. The van der Waals surface area contributed by atoms with Crippen molar-refractivity contribution in [1.82, 2.24) is 9.55 Å². The topological polar surface area (TPSA) is 27.1 Å². The van der Waals surface area contributed by atoms with Gasteiger partial charge in [-0.05, 0) is 66.6 Å². The number of aryl methyl sites for hydroxylation is 1. The van der Waals surface area contributed by atoms with Gasteiger partial charge in [-0.2, -0.15) is 0 Å². The van der Waals surface area contributed by atoms with Crippen molar-refractivity contribution in [2.45, 2.75) is 53.5 Å². The first-order valence-corrected chi connectivity index (χ1v) is 11.7. The average Bonchev–Trinajstić information content (AvgIpc) is 3.15. The monoisotopic (exact) mass is 426 g/mol. The third-order valence-corrected chi connectivity index (χ3v) is 6.32. The molecule has 0 aliphatic heterocycles. The summed E-state index contributed by atoms with van der Waals surface area (Å²) in [6, 6.07) is 23.7. The molecule has 0 aliphatic rings. The third-order valence-electron chi connectivity index (χ3n) is 6.32. The van der Waals surface area contributed by atoms with E-state index in [-0.39, 0.29) is 5.92 Å². The van der Waals surface area contributed by atoms with E-state index >= 15 is 0 Å². The van der Waals surface area contributed by atoms with Crippen molar-refractivity contribution in [3.63, 3.8) is 0 Å². The SMILES string of the molecule is Cc1cccc(OCCn2c(C(C)c3ccc(CC(C)C)cc3)nc3ccccc32)c1C. The van der Waals surface area contributed by atoms with Crippen molar-refractivity contribution in [2.75, 3.05) is 6.61 Å². The minimum Gasteiger partial charge on any atom is -0.491 e. The van der Waals surface area contributed by atoms with Crippen LogP contribution in [-0.2, 0) is 13.0 Å². The first-order chi connectivity index (χ1) is 15.4. The molecule has 1 atom stereocenters. The van der Waals surface area contributed by atoms with Crippen LogP contribution >= 0.6 is 0 Å². The number of ether oxygens (including phenoxy) is 1. The Morgan fingerprint density at radius 2 is 1.62 bits per heavy atom. The zero-order chi connectivity index (χ0) is 22.7. The molecule has 1 unspecified atom stereocenters. The summed E-state index contributed by atoms with van der Waals surface area (Å²) in [5.41, 5.74) is 7.35. The second kappa shape index (κ2) is 9.60. The number of hydrogen-bond acceptors (Lipinski definition) is 2. The highest BCUT2D eigenvalue weighted by Gasteiger charge is 2.18. The zero-order valence-electron chi connectivity index (χ0n) is 19.9. The van der Waals surface area contributed by atoms with Crippen LogP contribution in [-0.4, -0.2) is 16.2 Å². The Kier molecular flexibility index (Phi) is 6.64. The summed E-state index contributed by atoms with van der Waals surface area (Å²) >= 11 is 0. The zero-order valence-corrected chi connectivity index (χ0v) is 19.9. The van der Waals surface area contributed by atoms with Gasteiger partial charge in [-0.15, -0.1) is 0 Å². The number of benzene rings is 3. The summed E-state index contributed by atoms with van der Waals surface area (Å²) < 4.78 is 8.51. The molecular weight excluding hydrogens is 392 g/mol. The van der Waals surface area contributed by atoms with Crippen LogP contribution in [0.3, 0.4) is 0 Å². The number of nitrogens with zero attached hydrogens (tertiary/aromatic N) is 2. The lowest BCUT2D eigenvalue weighted by Crippen LogP contribution is -2.14. The van der Waals surface area contributed by atoms with Crippen molar-refractivity contribution in [3.8, 4) is 5.75 Å². The molecule has 4 rings (SSSR count). The van der Waals surface area contributed by atoms with E-state index in [1.165, 1.54) is 22.3 Å². The minimum atomic E-state index is 0.205. The van der Waals surface area contributed by atoms with Gasteiger partial charge in [0, 0.05) is 5.92 Å². The Labute approximate surface area is 192 Å². The lowest BCUT2D eigenvalue weighted by atomic mass is 9.96. The van der Waals surface area contributed by atoms with Crippen molar-refractivity contribution in [3.05, 3.63) is 94.8 Å². The van der Waals surface area contributed by atoms with Crippen LogP contribution in [0.2, 0.25) is 0 Å². The standard InChI is InChI=1S/C29H34N2O/c1-20(2)19-24-13-15-25(16-14-24)23(5)29-30-26-10-6-7-11-27(26)31(29)17-18-32-28-12-8-9-21(3)22(28)4/h6-16,20,23H,17-19H2,1-5H3. The van der Waals surface area contributed by atoms with Crippen LogP contribution < -0.4 is 4.74 Å². The first kappa shape index (κ1) is 22.1. The molecule has 0 fully saturated rings. The number of aromatic nitrogens is 2. The number of hydrogen-bond donors (Lipinski definition) is 0. The van der Waals surface area contributed by atoms with E-state index in [0.29, 0.717) is 12.5 Å². The Bertz CT molecular complexity index is 1190. The normalized spacial score (nSPS) is 12.4. The largest absolute Gasteiger partial charge is 0.491 e. The molecule has 0 amide bonds. The maximum atomic E-state index is 6.18.